The Morgan fingerprint density at radius 2 is 2.00 bits per heavy atom. The highest BCUT2D eigenvalue weighted by atomic mass is 35.5. The molecule has 1 aliphatic rings. The van der Waals surface area contributed by atoms with Gasteiger partial charge in [-0.15, -0.1) is 0 Å². The molecular weight excluding hydrogens is 289 g/mol. The van der Waals surface area contributed by atoms with Gasteiger partial charge in [0.05, 0.1) is 10.0 Å². The highest BCUT2D eigenvalue weighted by Crippen LogP contribution is 2.38. The number of benzene rings is 2. The number of nitrogens with one attached hydrogen (secondary N) is 1. The summed E-state index contributed by atoms with van der Waals surface area (Å²) in [6, 6.07) is 12.9. The normalized spacial score (nSPS) is 17.2. The zero-order chi connectivity index (χ0) is 14.1. The summed E-state index contributed by atoms with van der Waals surface area (Å²) in [6.07, 6.45) is 2.28. The molecule has 0 saturated heterocycles. The molecule has 0 aliphatic heterocycles. The Labute approximate surface area is 129 Å². The Morgan fingerprint density at radius 3 is 2.75 bits per heavy atom. The molecule has 0 saturated carbocycles. The minimum absolute atomic E-state index is 0.484. The summed E-state index contributed by atoms with van der Waals surface area (Å²) in [5, 5.41) is 4.77. The molecule has 1 nitrogen and oxygen atoms in total. The van der Waals surface area contributed by atoms with E-state index in [0.29, 0.717) is 16.1 Å². The Bertz CT molecular complexity index is 637. The summed E-state index contributed by atoms with van der Waals surface area (Å²) in [6.45, 7) is 3.15. The fourth-order valence-corrected chi connectivity index (χ4v) is 3.34. The third kappa shape index (κ3) is 2.46. The Balaban J connectivity index is 2.05. The van der Waals surface area contributed by atoms with E-state index >= 15 is 0 Å². The van der Waals surface area contributed by atoms with Crippen LogP contribution in [-0.2, 0) is 6.42 Å². The van der Waals surface area contributed by atoms with E-state index in [1.165, 1.54) is 23.1 Å². The van der Waals surface area contributed by atoms with Crippen LogP contribution in [0.3, 0.4) is 0 Å². The molecule has 0 heterocycles. The van der Waals surface area contributed by atoms with Crippen molar-refractivity contribution < 1.29 is 0 Å². The second-order valence-corrected chi connectivity index (χ2v) is 5.97. The molecule has 20 heavy (non-hydrogen) atoms. The number of fused-ring (bicyclic) bond motifs is 1. The molecule has 2 aromatic carbocycles. The second-order valence-electron chi connectivity index (χ2n) is 5.15. The van der Waals surface area contributed by atoms with Gasteiger partial charge in [0.15, 0.2) is 0 Å². The van der Waals surface area contributed by atoms with Crippen molar-refractivity contribution in [3.8, 4) is 11.1 Å². The van der Waals surface area contributed by atoms with Gasteiger partial charge >= 0.3 is 0 Å². The van der Waals surface area contributed by atoms with Crippen molar-refractivity contribution in [2.45, 2.75) is 25.8 Å². The van der Waals surface area contributed by atoms with E-state index in [0.717, 1.165) is 18.5 Å². The molecule has 1 N–H and O–H groups in total. The van der Waals surface area contributed by atoms with Crippen LogP contribution in [-0.4, -0.2) is 6.54 Å². The van der Waals surface area contributed by atoms with Crippen molar-refractivity contribution in [2.24, 2.45) is 0 Å². The molecule has 0 spiro atoms. The molecule has 1 unspecified atom stereocenters. The number of hydrogen-bond donors (Lipinski definition) is 1. The lowest BCUT2D eigenvalue weighted by atomic mass is 9.96. The van der Waals surface area contributed by atoms with Crippen molar-refractivity contribution in [3.05, 3.63) is 57.6 Å². The Morgan fingerprint density at radius 1 is 1.15 bits per heavy atom. The summed E-state index contributed by atoms with van der Waals surface area (Å²) in [7, 11) is 0. The van der Waals surface area contributed by atoms with Gasteiger partial charge in [-0.05, 0) is 53.8 Å². The number of hydrogen-bond acceptors (Lipinski definition) is 1. The highest BCUT2D eigenvalue weighted by molar-refractivity contribution is 6.42. The average molecular weight is 306 g/mol. The smallest absolute Gasteiger partial charge is 0.0598 e. The molecule has 3 heteroatoms. The monoisotopic (exact) mass is 305 g/mol. The molecule has 3 rings (SSSR count). The first-order valence-electron chi connectivity index (χ1n) is 7.01. The van der Waals surface area contributed by atoms with Crippen LogP contribution in [0.15, 0.2) is 36.4 Å². The molecule has 1 atom stereocenters. The van der Waals surface area contributed by atoms with E-state index in [9.17, 15) is 0 Å². The summed E-state index contributed by atoms with van der Waals surface area (Å²) in [5.41, 5.74) is 5.29. The number of halogens is 2. The minimum Gasteiger partial charge on any atom is -0.310 e. The predicted molar refractivity (Wildman–Crippen MR) is 86.6 cm³/mol. The van der Waals surface area contributed by atoms with Gasteiger partial charge in [0, 0.05) is 6.04 Å². The predicted octanol–water partition coefficient (Wildman–Crippen LogP) is 5.26. The Kier molecular flexibility index (Phi) is 4.02. The average Bonchev–Trinajstić information content (AvgIpc) is 2.86. The van der Waals surface area contributed by atoms with Crippen LogP contribution in [0.4, 0.5) is 0 Å². The zero-order valence-corrected chi connectivity index (χ0v) is 12.9. The molecule has 0 amide bonds. The lowest BCUT2D eigenvalue weighted by Gasteiger charge is -2.14. The summed E-state index contributed by atoms with van der Waals surface area (Å²) < 4.78 is 0. The third-order valence-electron chi connectivity index (χ3n) is 3.95. The van der Waals surface area contributed by atoms with Gasteiger partial charge in [-0.3, -0.25) is 0 Å². The second kappa shape index (κ2) is 5.77. The van der Waals surface area contributed by atoms with Crippen molar-refractivity contribution in [3.63, 3.8) is 0 Å². The van der Waals surface area contributed by atoms with E-state index in [2.05, 4.69) is 30.4 Å². The van der Waals surface area contributed by atoms with Gasteiger partial charge in [-0.2, -0.15) is 0 Å². The highest BCUT2D eigenvalue weighted by Gasteiger charge is 2.24. The molecule has 0 radical (unpaired) electrons. The minimum atomic E-state index is 0.484. The maximum absolute atomic E-state index is 6.15. The van der Waals surface area contributed by atoms with Crippen LogP contribution in [0, 0.1) is 0 Å². The van der Waals surface area contributed by atoms with Crippen LogP contribution >= 0.6 is 23.2 Å². The Hall–Kier alpha value is -1.02. The number of rotatable bonds is 3. The fourth-order valence-electron chi connectivity index (χ4n) is 3.05. The molecule has 1 aliphatic carbocycles. The topological polar surface area (TPSA) is 12.0 Å². The SMILES string of the molecule is CCNC1CCc2c(-c3ccc(Cl)c(Cl)c3)cccc21. The maximum atomic E-state index is 6.15. The van der Waals surface area contributed by atoms with E-state index in [1.807, 2.05) is 18.2 Å². The van der Waals surface area contributed by atoms with E-state index in [1.54, 1.807) is 0 Å². The largest absolute Gasteiger partial charge is 0.310 e. The molecule has 0 aromatic heterocycles. The summed E-state index contributed by atoms with van der Waals surface area (Å²) >= 11 is 12.2. The van der Waals surface area contributed by atoms with Gasteiger partial charge in [0.25, 0.3) is 0 Å². The fraction of sp³-hybridized carbons (Fsp3) is 0.294. The zero-order valence-electron chi connectivity index (χ0n) is 11.4. The summed E-state index contributed by atoms with van der Waals surface area (Å²) in [5.74, 6) is 0. The van der Waals surface area contributed by atoms with Crippen LogP contribution in [0.5, 0.6) is 0 Å². The van der Waals surface area contributed by atoms with E-state index < -0.39 is 0 Å². The standard InChI is InChI=1S/C17H17Cl2N/c1-2-20-17-9-7-13-12(4-3-5-14(13)17)11-6-8-15(18)16(19)10-11/h3-6,8,10,17,20H,2,7,9H2,1H3. The quantitative estimate of drug-likeness (QED) is 0.816. The van der Waals surface area contributed by atoms with Crippen molar-refractivity contribution >= 4 is 23.2 Å². The third-order valence-corrected chi connectivity index (χ3v) is 4.69. The van der Waals surface area contributed by atoms with E-state index in [-0.39, 0.29) is 0 Å². The van der Waals surface area contributed by atoms with Crippen LogP contribution < -0.4 is 5.32 Å². The van der Waals surface area contributed by atoms with E-state index in [4.69, 9.17) is 23.2 Å². The molecular formula is C17H17Cl2N. The molecule has 104 valence electrons. The van der Waals surface area contributed by atoms with Crippen LogP contribution in [0.25, 0.3) is 11.1 Å². The van der Waals surface area contributed by atoms with Gasteiger partial charge in [-0.25, -0.2) is 0 Å². The first-order chi connectivity index (χ1) is 9.70. The molecule has 0 fully saturated rings. The first-order valence-corrected chi connectivity index (χ1v) is 7.77. The van der Waals surface area contributed by atoms with Gasteiger partial charge < -0.3 is 5.32 Å². The van der Waals surface area contributed by atoms with Crippen molar-refractivity contribution in [1.82, 2.24) is 5.32 Å². The lowest BCUT2D eigenvalue weighted by molar-refractivity contribution is 0.549. The van der Waals surface area contributed by atoms with Gasteiger partial charge in [-0.1, -0.05) is 54.4 Å². The molecule has 0 bridgehead atoms. The first kappa shape index (κ1) is 13.9. The van der Waals surface area contributed by atoms with Gasteiger partial charge in [0.1, 0.15) is 0 Å². The van der Waals surface area contributed by atoms with Gasteiger partial charge in [0.2, 0.25) is 0 Å². The van der Waals surface area contributed by atoms with Crippen molar-refractivity contribution in [1.29, 1.82) is 0 Å². The van der Waals surface area contributed by atoms with Crippen LogP contribution in [0.2, 0.25) is 10.0 Å². The maximum Gasteiger partial charge on any atom is 0.0598 e. The van der Waals surface area contributed by atoms with Crippen LogP contribution in [0.1, 0.15) is 30.5 Å². The molecule has 2 aromatic rings. The van der Waals surface area contributed by atoms with Crippen molar-refractivity contribution in [2.75, 3.05) is 6.54 Å². The summed E-state index contributed by atoms with van der Waals surface area (Å²) in [4.78, 5) is 0. The lowest BCUT2D eigenvalue weighted by Crippen LogP contribution is -2.18.